The Kier molecular flexibility index (Phi) is 28.3. The average Bonchev–Trinajstić information content (AvgIpc) is 3.39. The highest BCUT2D eigenvalue weighted by molar-refractivity contribution is 5.97. The van der Waals surface area contributed by atoms with Crippen molar-refractivity contribution in [1.82, 2.24) is 40.4 Å². The first-order valence-electron chi connectivity index (χ1n) is 28.4. The third kappa shape index (κ3) is 23.2. The molecule has 8 atom stereocenters. The van der Waals surface area contributed by atoms with E-state index in [1.165, 1.54) is 49.9 Å². The van der Waals surface area contributed by atoms with E-state index in [1.54, 1.807) is 119 Å². The molecule has 0 aliphatic heterocycles. The highest BCUT2D eigenvalue weighted by Crippen LogP contribution is 2.22. The van der Waals surface area contributed by atoms with Gasteiger partial charge in [-0.2, -0.15) is 0 Å². The number of hydrogen-bond donors (Lipinski definition) is 4. The Labute approximate surface area is 492 Å². The zero-order valence-corrected chi connectivity index (χ0v) is 52.6. The fourth-order valence-electron chi connectivity index (χ4n) is 9.12. The summed E-state index contributed by atoms with van der Waals surface area (Å²) in [7, 11) is 7.02. The second kappa shape index (κ2) is 32.7. The fourth-order valence-corrected chi connectivity index (χ4v) is 9.12. The Morgan fingerprint density at radius 3 is 1.59 bits per heavy atom. The molecule has 0 saturated heterocycles. The van der Waals surface area contributed by atoms with Crippen molar-refractivity contribution in [1.29, 1.82) is 0 Å². The first-order chi connectivity index (χ1) is 38.4. The van der Waals surface area contributed by atoms with Crippen LogP contribution >= 0.6 is 0 Å². The van der Waals surface area contributed by atoms with Crippen LogP contribution in [-0.4, -0.2) is 191 Å². The van der Waals surface area contributed by atoms with Gasteiger partial charge in [-0.15, -0.1) is 0 Å². The molecule has 0 heterocycles. The largest absolute Gasteiger partial charge is 0.480 e. The van der Waals surface area contributed by atoms with Gasteiger partial charge in [0.25, 0.3) is 0 Å². The van der Waals surface area contributed by atoms with E-state index in [9.17, 15) is 48.3 Å². The van der Waals surface area contributed by atoms with Crippen LogP contribution in [0.2, 0.25) is 0 Å². The van der Waals surface area contributed by atoms with Gasteiger partial charge >= 0.3 is 18.0 Å². The maximum Gasteiger partial charge on any atom is 0.410 e. The van der Waals surface area contributed by atoms with E-state index in [1.807, 2.05) is 39.0 Å². The van der Waals surface area contributed by atoms with Gasteiger partial charge in [-0.05, 0) is 82.8 Å². The Morgan fingerprint density at radius 1 is 0.578 bits per heavy atom. The smallest absolute Gasteiger partial charge is 0.410 e. The standard InChI is InChI=1S/C61H96N8O14/c1-20-40(8)51(68(18)47(70)34-65(15)57(77)49(38(4)5)64-52(72)45(31-37(2)3)67(17)59(80)81-35-42-29-25-22-26-30-42)54(74)63-44(36-82-60(9,10)11)55(75)66(16)46(32-41-27-23-21-24-28-41)56(76)69(19)50(39(6)7)53(73)62-43(58(78)79)33-48(71)83-61(12,13)14/h21-30,37-40,43-46,49-51H,20,31-36H2,1-19H3,(H,62,73)(H,63,74)(H,64,72)(H,78,79)/t40-,43-,44-,45-,46-,49-,50-,51-/m0/s1. The number of carboxylic acid groups (broad SMARTS) is 1. The number of carbonyl (C=O) groups is 10. The quantitative estimate of drug-likeness (QED) is 0.0724. The molecule has 0 bridgehead atoms. The predicted molar refractivity (Wildman–Crippen MR) is 314 cm³/mol. The van der Waals surface area contributed by atoms with Crippen LogP contribution in [0.25, 0.3) is 0 Å². The molecule has 464 valence electrons. The van der Waals surface area contributed by atoms with Crippen molar-refractivity contribution in [3.63, 3.8) is 0 Å². The molecular formula is C61H96N8O14. The molecule has 0 aliphatic carbocycles. The first kappa shape index (κ1) is 72.0. The molecule has 2 rings (SSSR count). The van der Waals surface area contributed by atoms with Crippen LogP contribution in [0.5, 0.6) is 0 Å². The normalized spacial score (nSPS) is 14.6. The summed E-state index contributed by atoms with van der Waals surface area (Å²) in [5.41, 5.74) is -0.352. The van der Waals surface area contributed by atoms with Gasteiger partial charge in [0.2, 0.25) is 41.4 Å². The number of hydrogen-bond acceptors (Lipinski definition) is 13. The van der Waals surface area contributed by atoms with Crippen molar-refractivity contribution in [3.05, 3.63) is 71.8 Å². The Hall–Kier alpha value is -7.10. The van der Waals surface area contributed by atoms with Crippen molar-refractivity contribution in [2.45, 2.75) is 183 Å². The molecular weight excluding hydrogens is 1070 g/mol. The van der Waals surface area contributed by atoms with E-state index in [-0.39, 0.29) is 32.0 Å². The van der Waals surface area contributed by atoms with Crippen LogP contribution < -0.4 is 16.0 Å². The molecule has 2 aromatic rings. The van der Waals surface area contributed by atoms with Crippen LogP contribution in [0.15, 0.2) is 60.7 Å². The van der Waals surface area contributed by atoms with Gasteiger partial charge in [0.15, 0.2) is 0 Å². The van der Waals surface area contributed by atoms with E-state index in [0.29, 0.717) is 12.0 Å². The minimum atomic E-state index is -1.69. The molecule has 0 radical (unpaired) electrons. The number of likely N-dealkylation sites (N-methyl/N-ethyl adjacent to an activating group) is 5. The molecule has 2 aromatic carbocycles. The van der Waals surface area contributed by atoms with Crippen molar-refractivity contribution in [2.24, 2.45) is 23.7 Å². The zero-order valence-electron chi connectivity index (χ0n) is 52.6. The SMILES string of the molecule is CC[C@H](C)[C@@H](C(=O)N[C@@H](COC(C)(C)C)C(=O)N(C)[C@@H](Cc1ccccc1)C(=O)N(C)[C@H](C(=O)N[C@@H](CC(=O)OC(C)(C)C)C(=O)O)C(C)C)N(C)C(=O)CN(C)C(=O)[C@@H](NC(=O)[C@H](CC(C)C)N(C)C(=O)OCc1ccccc1)C(C)C. The summed E-state index contributed by atoms with van der Waals surface area (Å²) in [6.07, 6.45) is -0.820. The molecule has 4 N–H and O–H groups in total. The molecule has 22 nitrogen and oxygen atoms in total. The zero-order chi connectivity index (χ0) is 63.4. The molecule has 22 heteroatoms. The predicted octanol–water partition coefficient (Wildman–Crippen LogP) is 5.30. The summed E-state index contributed by atoms with van der Waals surface area (Å²) in [6, 6.07) is 8.79. The highest BCUT2D eigenvalue weighted by atomic mass is 16.6. The molecule has 0 spiro atoms. The molecule has 8 amide bonds. The number of ether oxygens (including phenoxy) is 3. The number of esters is 1. The molecule has 0 aromatic heterocycles. The van der Waals surface area contributed by atoms with E-state index < -0.39 is 144 Å². The van der Waals surface area contributed by atoms with Crippen molar-refractivity contribution >= 4 is 59.4 Å². The van der Waals surface area contributed by atoms with Gasteiger partial charge in [-0.3, -0.25) is 43.3 Å². The summed E-state index contributed by atoms with van der Waals surface area (Å²) in [6.45, 7) is 23.4. The number of rotatable bonds is 30. The van der Waals surface area contributed by atoms with E-state index in [2.05, 4.69) is 16.0 Å². The lowest BCUT2D eigenvalue weighted by molar-refractivity contribution is -0.159. The van der Waals surface area contributed by atoms with Gasteiger partial charge in [-0.25, -0.2) is 9.59 Å². The monoisotopic (exact) mass is 1160 g/mol. The summed E-state index contributed by atoms with van der Waals surface area (Å²) < 4.78 is 16.9. The number of nitrogens with one attached hydrogen (secondary N) is 3. The highest BCUT2D eigenvalue weighted by Gasteiger charge is 2.42. The molecule has 0 aliphatic rings. The lowest BCUT2D eigenvalue weighted by Crippen LogP contribution is -2.62. The molecule has 0 unspecified atom stereocenters. The van der Waals surface area contributed by atoms with Gasteiger partial charge in [-0.1, -0.05) is 122 Å². The third-order valence-corrected chi connectivity index (χ3v) is 13.9. The van der Waals surface area contributed by atoms with Crippen molar-refractivity contribution in [2.75, 3.05) is 48.4 Å². The summed E-state index contributed by atoms with van der Waals surface area (Å²) in [4.78, 5) is 146. The van der Waals surface area contributed by atoms with Gasteiger partial charge in [0.05, 0.1) is 25.2 Å². The van der Waals surface area contributed by atoms with Crippen LogP contribution in [-0.2, 0) is 70.4 Å². The van der Waals surface area contributed by atoms with Crippen molar-refractivity contribution in [3.8, 4) is 0 Å². The summed E-state index contributed by atoms with van der Waals surface area (Å²) >= 11 is 0. The molecule has 0 saturated carbocycles. The van der Waals surface area contributed by atoms with Crippen LogP contribution in [0.3, 0.4) is 0 Å². The van der Waals surface area contributed by atoms with Crippen LogP contribution in [0, 0.1) is 23.7 Å². The lowest BCUT2D eigenvalue weighted by atomic mass is 9.96. The van der Waals surface area contributed by atoms with Gasteiger partial charge in [0.1, 0.15) is 54.5 Å². The number of benzene rings is 2. The van der Waals surface area contributed by atoms with Gasteiger partial charge < -0.3 is 54.9 Å². The minimum Gasteiger partial charge on any atom is -0.480 e. The van der Waals surface area contributed by atoms with Crippen LogP contribution in [0.4, 0.5) is 4.79 Å². The van der Waals surface area contributed by atoms with Gasteiger partial charge in [0, 0.05) is 41.7 Å². The Morgan fingerprint density at radius 2 is 1.11 bits per heavy atom. The summed E-state index contributed by atoms with van der Waals surface area (Å²) in [5, 5.41) is 18.1. The molecule has 0 fully saturated rings. The summed E-state index contributed by atoms with van der Waals surface area (Å²) in [5.74, 6) is -8.86. The number of carbonyl (C=O) groups excluding carboxylic acids is 9. The van der Waals surface area contributed by atoms with Crippen LogP contribution in [0.1, 0.15) is 127 Å². The topological polar surface area (TPSA) is 271 Å². The van der Waals surface area contributed by atoms with Crippen molar-refractivity contribution < 1.29 is 67.3 Å². The maximum absolute atomic E-state index is 15.0. The number of nitrogens with zero attached hydrogens (tertiary/aromatic N) is 5. The Balaban J connectivity index is 2.50. The maximum atomic E-state index is 15.0. The average molecular weight is 1170 g/mol. The fraction of sp³-hybridized carbons (Fsp3) is 0.639. The number of aliphatic carboxylic acids is 1. The third-order valence-electron chi connectivity index (χ3n) is 13.9. The minimum absolute atomic E-state index is 0.00963. The lowest BCUT2D eigenvalue weighted by Gasteiger charge is -2.38. The number of carboxylic acids is 1. The van der Waals surface area contributed by atoms with E-state index >= 15 is 4.79 Å². The second-order valence-electron chi connectivity index (χ2n) is 24.5. The first-order valence-corrected chi connectivity index (χ1v) is 28.4. The second-order valence-corrected chi connectivity index (χ2v) is 24.5. The van der Waals surface area contributed by atoms with E-state index in [4.69, 9.17) is 14.2 Å². The van der Waals surface area contributed by atoms with E-state index in [0.717, 1.165) is 15.4 Å². The number of amides is 8. The molecule has 83 heavy (non-hydrogen) atoms. The Bertz CT molecular complexity index is 2500.